The Kier molecular flexibility index (Phi) is 33.7. The largest absolute Gasteiger partial charge is 0.392 e. The van der Waals surface area contributed by atoms with Crippen molar-refractivity contribution in [3.8, 4) is 0 Å². The monoisotopic (exact) mass is 360 g/mol. The maximum Gasteiger partial charge on any atom is 0.142 e. The molecule has 0 spiro atoms. The van der Waals surface area contributed by atoms with Gasteiger partial charge in [0.2, 0.25) is 0 Å². The normalized spacial score (nSPS) is 8.38. The molecule has 0 aromatic heterocycles. The van der Waals surface area contributed by atoms with Gasteiger partial charge in [-0.05, 0) is 73.0 Å². The quantitative estimate of drug-likeness (QED) is 0.183. The Hall–Kier alpha value is -2.15. The zero-order chi connectivity index (χ0) is 21.4. The first-order valence-corrected chi connectivity index (χ1v) is 8.67. The van der Waals surface area contributed by atoms with E-state index in [-0.39, 0.29) is 6.61 Å². The number of aldehydes is 1. The summed E-state index contributed by atoms with van der Waals surface area (Å²) in [7, 11) is 0. The zero-order valence-corrected chi connectivity index (χ0v) is 18.1. The number of carbonyl (C=O) groups is 1. The first-order chi connectivity index (χ1) is 12.1. The van der Waals surface area contributed by atoms with Crippen molar-refractivity contribution in [3.63, 3.8) is 0 Å². The lowest BCUT2D eigenvalue weighted by Crippen LogP contribution is -1.77. The van der Waals surface area contributed by atoms with Crippen molar-refractivity contribution in [2.24, 2.45) is 0 Å². The van der Waals surface area contributed by atoms with Gasteiger partial charge in [0.25, 0.3) is 0 Å². The fourth-order valence-electron chi connectivity index (χ4n) is 1.02. The molecule has 0 bridgehead atoms. The van der Waals surface area contributed by atoms with E-state index >= 15 is 0 Å². The second-order valence-electron chi connectivity index (χ2n) is 6.10. The van der Waals surface area contributed by atoms with E-state index in [4.69, 9.17) is 5.11 Å². The van der Waals surface area contributed by atoms with Gasteiger partial charge < -0.3 is 5.11 Å². The van der Waals surface area contributed by atoms with Gasteiger partial charge in [0.15, 0.2) is 0 Å². The van der Waals surface area contributed by atoms with Gasteiger partial charge in [-0.15, -0.1) is 12.3 Å². The molecule has 0 aliphatic carbocycles. The molecule has 0 aromatic carbocycles. The summed E-state index contributed by atoms with van der Waals surface area (Å²) in [6, 6.07) is 0. The lowest BCUT2D eigenvalue weighted by Gasteiger charge is -1.94. The highest BCUT2D eigenvalue weighted by molar-refractivity contribution is 5.65. The topological polar surface area (TPSA) is 37.3 Å². The summed E-state index contributed by atoms with van der Waals surface area (Å²) in [5, 5.41) is 7.76. The Morgan fingerprint density at radius 2 is 1.42 bits per heavy atom. The van der Waals surface area contributed by atoms with Crippen LogP contribution in [0.15, 0.2) is 78.1 Å². The van der Waals surface area contributed by atoms with Crippen LogP contribution in [0.3, 0.4) is 0 Å². The minimum atomic E-state index is 0.0833. The van der Waals surface area contributed by atoms with Crippen LogP contribution >= 0.6 is 0 Å². The fourth-order valence-corrected chi connectivity index (χ4v) is 1.02. The van der Waals surface area contributed by atoms with E-state index in [1.165, 1.54) is 17.2 Å². The van der Waals surface area contributed by atoms with E-state index in [1.54, 1.807) is 12.2 Å². The molecule has 2 nitrogen and oxygen atoms in total. The number of aliphatic hydroxyl groups is 1. The summed E-state index contributed by atoms with van der Waals surface area (Å²) >= 11 is 0. The van der Waals surface area contributed by atoms with Gasteiger partial charge in [-0.3, -0.25) is 4.79 Å². The molecule has 0 aliphatic heterocycles. The summed E-state index contributed by atoms with van der Waals surface area (Å²) in [4.78, 5) is 10.0. The Balaban J connectivity index is -0.000000137. The maximum absolute atomic E-state index is 10.0. The average Bonchev–Trinajstić information content (AvgIpc) is 2.56. The number of hydrogen-bond acceptors (Lipinski definition) is 2. The molecule has 1 N–H and O–H groups in total. The van der Waals surface area contributed by atoms with Crippen molar-refractivity contribution in [1.29, 1.82) is 0 Å². The highest BCUT2D eigenvalue weighted by Crippen LogP contribution is 2.05. The SMILES string of the molecule is C=C=C(C)C.C=CC=C(C)C.C=CCO.CC(C)=CCC/C(C)=C/C=O. The van der Waals surface area contributed by atoms with Gasteiger partial charge in [0.05, 0.1) is 6.61 Å². The average molecular weight is 361 g/mol. The fraction of sp³-hybridized carbons (Fsp3) is 0.417. The first kappa shape index (κ1) is 31.6. The number of rotatable bonds is 6. The minimum absolute atomic E-state index is 0.0833. The van der Waals surface area contributed by atoms with Crippen LogP contribution in [-0.2, 0) is 4.79 Å². The van der Waals surface area contributed by atoms with Gasteiger partial charge in [-0.25, -0.2) is 0 Å². The lowest BCUT2D eigenvalue weighted by molar-refractivity contribution is -0.104. The molecule has 0 aromatic rings. The van der Waals surface area contributed by atoms with Crippen LogP contribution in [0.4, 0.5) is 0 Å². The number of allylic oxidation sites excluding steroid dienone is 8. The van der Waals surface area contributed by atoms with E-state index in [0.717, 1.165) is 30.3 Å². The van der Waals surface area contributed by atoms with E-state index in [9.17, 15) is 4.79 Å². The molecule has 0 saturated heterocycles. The van der Waals surface area contributed by atoms with Gasteiger partial charge in [0.1, 0.15) is 6.29 Å². The zero-order valence-electron chi connectivity index (χ0n) is 18.1. The highest BCUT2D eigenvalue weighted by atomic mass is 16.2. The Bertz CT molecular complexity index is 484. The maximum atomic E-state index is 10.0. The Morgan fingerprint density at radius 3 is 1.62 bits per heavy atom. The van der Waals surface area contributed by atoms with Crippen LogP contribution in [0.25, 0.3) is 0 Å². The summed E-state index contributed by atoms with van der Waals surface area (Å²) < 4.78 is 0. The first-order valence-electron chi connectivity index (χ1n) is 8.67. The molecule has 0 aliphatic rings. The van der Waals surface area contributed by atoms with Crippen molar-refractivity contribution in [2.75, 3.05) is 6.61 Å². The van der Waals surface area contributed by atoms with Crippen LogP contribution in [0, 0.1) is 0 Å². The molecule has 0 heterocycles. The molecule has 0 fully saturated rings. The highest BCUT2D eigenvalue weighted by Gasteiger charge is 1.86. The minimum Gasteiger partial charge on any atom is -0.392 e. The molecular weight excluding hydrogens is 320 g/mol. The summed E-state index contributed by atoms with van der Waals surface area (Å²) in [5.74, 6) is 0. The van der Waals surface area contributed by atoms with Crippen LogP contribution in [-0.4, -0.2) is 18.0 Å². The number of aliphatic hydroxyl groups excluding tert-OH is 1. The summed E-state index contributed by atoms with van der Waals surface area (Å²) in [5.41, 5.74) is 7.62. The Labute approximate surface area is 162 Å². The molecule has 0 radical (unpaired) electrons. The van der Waals surface area contributed by atoms with Crippen molar-refractivity contribution >= 4 is 6.29 Å². The smallest absolute Gasteiger partial charge is 0.142 e. The number of carbonyl (C=O) groups excluding carboxylic acids is 1. The molecule has 0 amide bonds. The summed E-state index contributed by atoms with van der Waals surface area (Å²) in [6.07, 6.45) is 11.9. The standard InChI is InChI=1S/C10H16O.C6H10.C5H8.C3H6O/c1-9(2)5-4-6-10(3)7-8-11;1-4-5-6(2)3;1-4-5(2)3;1-2-3-4/h5,7-8H,4,6H2,1-3H3;4-5H,1H2,2-3H3;1H2,2-3H3;2,4H,1,3H2/b10-7+;;;. The third kappa shape index (κ3) is 57.5. The second-order valence-corrected chi connectivity index (χ2v) is 6.10. The van der Waals surface area contributed by atoms with Crippen LogP contribution in [0.5, 0.6) is 0 Å². The van der Waals surface area contributed by atoms with Gasteiger partial charge in [-0.1, -0.05) is 54.2 Å². The van der Waals surface area contributed by atoms with E-state index in [2.05, 4.69) is 45.4 Å². The van der Waals surface area contributed by atoms with Crippen LogP contribution in [0.2, 0.25) is 0 Å². The van der Waals surface area contributed by atoms with Crippen molar-refractivity contribution in [2.45, 2.75) is 61.3 Å². The van der Waals surface area contributed by atoms with Crippen LogP contribution < -0.4 is 0 Å². The molecule has 0 saturated carbocycles. The predicted molar refractivity (Wildman–Crippen MR) is 119 cm³/mol. The third-order valence-electron chi connectivity index (χ3n) is 2.38. The molecule has 2 heteroatoms. The van der Waals surface area contributed by atoms with E-state index < -0.39 is 0 Å². The third-order valence-corrected chi connectivity index (χ3v) is 2.38. The van der Waals surface area contributed by atoms with Gasteiger partial charge in [0, 0.05) is 0 Å². The molecule has 26 heavy (non-hydrogen) atoms. The number of hydrogen-bond donors (Lipinski definition) is 1. The van der Waals surface area contributed by atoms with Crippen LogP contribution in [0.1, 0.15) is 61.3 Å². The molecule has 0 unspecified atom stereocenters. The van der Waals surface area contributed by atoms with E-state index in [0.29, 0.717) is 0 Å². The molecular formula is C24H40O2. The van der Waals surface area contributed by atoms with E-state index in [1.807, 2.05) is 40.7 Å². The van der Waals surface area contributed by atoms with Gasteiger partial charge >= 0.3 is 0 Å². The molecule has 148 valence electrons. The molecule has 0 rings (SSSR count). The Morgan fingerprint density at radius 1 is 0.962 bits per heavy atom. The second kappa shape index (κ2) is 27.7. The van der Waals surface area contributed by atoms with Crippen molar-refractivity contribution < 1.29 is 9.90 Å². The van der Waals surface area contributed by atoms with Crippen molar-refractivity contribution in [1.82, 2.24) is 0 Å². The molecule has 0 atom stereocenters. The van der Waals surface area contributed by atoms with Crippen molar-refractivity contribution in [3.05, 3.63) is 78.1 Å². The predicted octanol–water partition coefficient (Wildman–Crippen LogP) is 6.92. The summed E-state index contributed by atoms with van der Waals surface area (Å²) in [6.45, 7) is 24.4. The lowest BCUT2D eigenvalue weighted by atomic mass is 10.1. The van der Waals surface area contributed by atoms with Gasteiger partial charge in [-0.2, -0.15) is 0 Å².